The van der Waals surface area contributed by atoms with Gasteiger partial charge in [0.15, 0.2) is 0 Å². The van der Waals surface area contributed by atoms with Crippen LogP contribution in [-0.2, 0) is 17.8 Å². The molecule has 2 aromatic carbocycles. The van der Waals surface area contributed by atoms with Crippen molar-refractivity contribution in [3.05, 3.63) is 69.5 Å². The Kier molecular flexibility index (Phi) is 6.14. The predicted octanol–water partition coefficient (Wildman–Crippen LogP) is 4.94. The van der Waals surface area contributed by atoms with Crippen molar-refractivity contribution in [2.45, 2.75) is 26.3 Å². The van der Waals surface area contributed by atoms with Gasteiger partial charge in [-0.05, 0) is 31.0 Å². The molecule has 27 heavy (non-hydrogen) atoms. The van der Waals surface area contributed by atoms with Crippen molar-refractivity contribution in [1.82, 2.24) is 15.0 Å². The van der Waals surface area contributed by atoms with Gasteiger partial charge >= 0.3 is 0 Å². The molecular weight excluding hydrogens is 385 g/mol. The van der Waals surface area contributed by atoms with Gasteiger partial charge in [-0.25, -0.2) is 0 Å². The molecule has 5 nitrogen and oxygen atoms in total. The Morgan fingerprint density at radius 3 is 2.59 bits per heavy atom. The van der Waals surface area contributed by atoms with E-state index in [0.29, 0.717) is 34.6 Å². The second-order valence-corrected chi connectivity index (χ2v) is 7.21. The summed E-state index contributed by atoms with van der Waals surface area (Å²) in [6.45, 7) is 2.27. The molecule has 1 heterocycles. The number of carbonyl (C=O) groups is 1. The van der Waals surface area contributed by atoms with Gasteiger partial charge in [0.05, 0.1) is 6.54 Å². The van der Waals surface area contributed by atoms with Crippen LogP contribution < -0.4 is 0 Å². The number of hydrogen-bond donors (Lipinski definition) is 0. The van der Waals surface area contributed by atoms with E-state index >= 15 is 0 Å². The lowest BCUT2D eigenvalue weighted by Gasteiger charge is -2.15. The van der Waals surface area contributed by atoms with Crippen molar-refractivity contribution in [3.8, 4) is 11.4 Å². The summed E-state index contributed by atoms with van der Waals surface area (Å²) in [5.74, 6) is 0.876. The van der Waals surface area contributed by atoms with Gasteiger partial charge in [-0.1, -0.05) is 64.3 Å². The molecule has 0 saturated heterocycles. The Bertz CT molecular complexity index is 939. The minimum atomic E-state index is -0.0314. The number of hydrogen-bond acceptors (Lipinski definition) is 4. The third-order valence-electron chi connectivity index (χ3n) is 4.20. The first kappa shape index (κ1) is 19.4. The normalized spacial score (nSPS) is 10.8. The van der Waals surface area contributed by atoms with E-state index in [9.17, 15) is 4.79 Å². The molecule has 0 aliphatic carbocycles. The van der Waals surface area contributed by atoms with Gasteiger partial charge in [-0.2, -0.15) is 4.98 Å². The molecule has 3 aromatic rings. The summed E-state index contributed by atoms with van der Waals surface area (Å²) in [6.07, 6.45) is 0.869. The molecule has 1 aromatic heterocycles. The molecule has 1 amide bonds. The first-order valence-electron chi connectivity index (χ1n) is 8.50. The average molecular weight is 404 g/mol. The zero-order chi connectivity index (χ0) is 19.4. The second-order valence-electron chi connectivity index (χ2n) is 6.36. The highest BCUT2D eigenvalue weighted by atomic mass is 35.5. The molecule has 0 spiro atoms. The van der Waals surface area contributed by atoms with E-state index in [1.54, 1.807) is 24.1 Å². The maximum absolute atomic E-state index is 12.4. The molecule has 0 unspecified atom stereocenters. The molecular formula is C20H19Cl2N3O2. The molecule has 0 radical (unpaired) electrons. The molecule has 140 valence electrons. The lowest BCUT2D eigenvalue weighted by atomic mass is 10.1. The van der Waals surface area contributed by atoms with Crippen LogP contribution in [-0.4, -0.2) is 28.0 Å². The molecule has 0 fully saturated rings. The Hall–Kier alpha value is -2.37. The fraction of sp³-hybridized carbons (Fsp3) is 0.250. The summed E-state index contributed by atoms with van der Waals surface area (Å²) in [4.78, 5) is 18.3. The number of carbonyl (C=O) groups excluding carboxylic acids is 1. The van der Waals surface area contributed by atoms with Crippen LogP contribution in [0.5, 0.6) is 0 Å². The summed E-state index contributed by atoms with van der Waals surface area (Å²) in [7, 11) is 1.71. The number of benzene rings is 2. The molecule has 0 N–H and O–H groups in total. The van der Waals surface area contributed by atoms with Gasteiger partial charge in [0.2, 0.25) is 17.6 Å². The molecule has 0 atom stereocenters. The van der Waals surface area contributed by atoms with Crippen molar-refractivity contribution in [3.63, 3.8) is 0 Å². The van der Waals surface area contributed by atoms with Crippen molar-refractivity contribution in [2.24, 2.45) is 0 Å². The summed E-state index contributed by atoms with van der Waals surface area (Å²) >= 11 is 12.0. The number of nitrogens with zero attached hydrogens (tertiary/aromatic N) is 3. The van der Waals surface area contributed by atoms with Gasteiger partial charge in [-0.3, -0.25) is 4.79 Å². The third-order valence-corrected chi connectivity index (χ3v) is 4.79. The van der Waals surface area contributed by atoms with Gasteiger partial charge in [-0.15, -0.1) is 0 Å². The molecule has 3 rings (SSSR count). The topological polar surface area (TPSA) is 59.2 Å². The van der Waals surface area contributed by atoms with Crippen LogP contribution in [0.1, 0.15) is 23.4 Å². The van der Waals surface area contributed by atoms with Crippen molar-refractivity contribution < 1.29 is 9.32 Å². The number of halogens is 2. The van der Waals surface area contributed by atoms with Crippen LogP contribution in [0.4, 0.5) is 0 Å². The number of aromatic nitrogens is 2. The monoisotopic (exact) mass is 403 g/mol. The average Bonchev–Trinajstić information content (AvgIpc) is 3.09. The molecule has 0 bridgehead atoms. The van der Waals surface area contributed by atoms with E-state index in [2.05, 4.69) is 10.1 Å². The summed E-state index contributed by atoms with van der Waals surface area (Å²) < 4.78 is 5.27. The van der Waals surface area contributed by atoms with E-state index in [1.165, 1.54) is 0 Å². The van der Waals surface area contributed by atoms with Crippen molar-refractivity contribution >= 4 is 29.1 Å². The zero-order valence-corrected chi connectivity index (χ0v) is 16.6. The van der Waals surface area contributed by atoms with Gasteiger partial charge in [0.1, 0.15) is 0 Å². The Morgan fingerprint density at radius 2 is 1.89 bits per heavy atom. The van der Waals surface area contributed by atoms with Gasteiger partial charge in [0.25, 0.3) is 0 Å². The Labute approximate surface area is 167 Å². The largest absolute Gasteiger partial charge is 0.337 e. The summed E-state index contributed by atoms with van der Waals surface area (Å²) in [6, 6.07) is 13.1. The van der Waals surface area contributed by atoms with E-state index in [0.717, 1.165) is 16.7 Å². The van der Waals surface area contributed by atoms with Gasteiger partial charge in [0, 0.05) is 29.1 Å². The third kappa shape index (κ3) is 5.08. The lowest BCUT2D eigenvalue weighted by molar-refractivity contribution is -0.130. The first-order chi connectivity index (χ1) is 12.9. The standard InChI is InChI=1S/C20H19Cl2N3O2/c1-13-3-5-15(6-4-13)20-23-18(27-24-20)12-25(2)19(26)10-8-14-7-9-16(21)11-17(14)22/h3-7,9,11H,8,10,12H2,1-2H3. The molecule has 0 aliphatic rings. The SMILES string of the molecule is Cc1ccc(-c2noc(CN(C)C(=O)CCc3ccc(Cl)cc3Cl)n2)cc1. The maximum Gasteiger partial charge on any atom is 0.246 e. The van der Waals surface area contributed by atoms with Crippen LogP contribution in [0.25, 0.3) is 11.4 Å². The summed E-state index contributed by atoms with van der Waals surface area (Å²) in [5, 5.41) is 5.13. The molecule has 0 aliphatic heterocycles. The number of rotatable bonds is 6. The van der Waals surface area contributed by atoms with E-state index in [1.807, 2.05) is 37.3 Å². The highest BCUT2D eigenvalue weighted by Gasteiger charge is 2.15. The predicted molar refractivity (Wildman–Crippen MR) is 106 cm³/mol. The molecule has 7 heteroatoms. The lowest BCUT2D eigenvalue weighted by Crippen LogP contribution is -2.26. The Morgan fingerprint density at radius 1 is 1.15 bits per heavy atom. The van der Waals surface area contributed by atoms with Gasteiger partial charge < -0.3 is 9.42 Å². The van der Waals surface area contributed by atoms with Crippen LogP contribution in [0, 0.1) is 6.92 Å². The van der Waals surface area contributed by atoms with Crippen LogP contribution in [0.2, 0.25) is 10.0 Å². The minimum absolute atomic E-state index is 0.0314. The number of amides is 1. The maximum atomic E-state index is 12.4. The number of aryl methyl sites for hydroxylation is 2. The smallest absolute Gasteiger partial charge is 0.246 e. The highest BCUT2D eigenvalue weighted by molar-refractivity contribution is 6.35. The first-order valence-corrected chi connectivity index (χ1v) is 9.25. The van der Waals surface area contributed by atoms with E-state index < -0.39 is 0 Å². The quantitative estimate of drug-likeness (QED) is 0.584. The van der Waals surface area contributed by atoms with Crippen LogP contribution in [0.15, 0.2) is 47.0 Å². The fourth-order valence-electron chi connectivity index (χ4n) is 2.59. The summed E-state index contributed by atoms with van der Waals surface area (Å²) in [5.41, 5.74) is 2.93. The fourth-order valence-corrected chi connectivity index (χ4v) is 3.09. The van der Waals surface area contributed by atoms with E-state index in [4.69, 9.17) is 27.7 Å². The van der Waals surface area contributed by atoms with E-state index in [-0.39, 0.29) is 12.5 Å². The minimum Gasteiger partial charge on any atom is -0.337 e. The highest BCUT2D eigenvalue weighted by Crippen LogP contribution is 2.22. The van der Waals surface area contributed by atoms with Crippen molar-refractivity contribution in [1.29, 1.82) is 0 Å². The van der Waals surface area contributed by atoms with Crippen molar-refractivity contribution in [2.75, 3.05) is 7.05 Å². The molecule has 0 saturated carbocycles. The Balaban J connectivity index is 1.57. The van der Waals surface area contributed by atoms with Crippen LogP contribution in [0.3, 0.4) is 0 Å². The zero-order valence-electron chi connectivity index (χ0n) is 15.1. The second kappa shape index (κ2) is 8.55. The van der Waals surface area contributed by atoms with Crippen LogP contribution >= 0.6 is 23.2 Å².